The highest BCUT2D eigenvalue weighted by atomic mass is 35.5. The average Bonchev–Trinajstić information content (AvgIpc) is 2.85. The highest BCUT2D eigenvalue weighted by Crippen LogP contribution is 2.37. The van der Waals surface area contributed by atoms with Crippen molar-refractivity contribution in [2.24, 2.45) is 5.16 Å². The number of hydrogen-bond acceptors (Lipinski definition) is 5. The predicted molar refractivity (Wildman–Crippen MR) is 131 cm³/mol. The SMILES string of the molecule is O=C(NC=NOCc1ccc(Cl)cc1)[C@@H](c1ccc(Cl)cc1)c1nc2ccccc2nc1C(F)(F)F. The van der Waals surface area contributed by atoms with Crippen molar-refractivity contribution in [2.45, 2.75) is 18.7 Å². The van der Waals surface area contributed by atoms with Gasteiger partial charge in [-0.2, -0.15) is 13.2 Å². The van der Waals surface area contributed by atoms with Gasteiger partial charge in [0.2, 0.25) is 5.91 Å². The summed E-state index contributed by atoms with van der Waals surface area (Å²) in [6.07, 6.45) is -3.89. The van der Waals surface area contributed by atoms with Crippen molar-refractivity contribution in [3.8, 4) is 0 Å². The van der Waals surface area contributed by atoms with Gasteiger partial charge >= 0.3 is 6.18 Å². The third-order valence-corrected chi connectivity index (χ3v) is 5.59. The standard InChI is InChI=1S/C25H17Cl2F3N4O2/c26-17-9-5-15(6-10-17)13-36-32-14-31-24(35)21(16-7-11-18(27)12-8-16)22-23(25(28,29)30)34-20-4-2-1-3-19(20)33-22/h1-12,14,21H,13H2,(H,31,32,35)/t21-/m0/s1. The molecule has 184 valence electrons. The number of carbonyl (C=O) groups is 1. The number of nitrogens with one attached hydrogen (secondary N) is 1. The van der Waals surface area contributed by atoms with E-state index in [-0.39, 0.29) is 23.2 Å². The smallest absolute Gasteiger partial charge is 0.390 e. The van der Waals surface area contributed by atoms with E-state index in [4.69, 9.17) is 28.0 Å². The number of hydrogen-bond donors (Lipinski definition) is 1. The zero-order valence-electron chi connectivity index (χ0n) is 18.3. The normalized spacial score (nSPS) is 12.6. The van der Waals surface area contributed by atoms with E-state index in [0.29, 0.717) is 10.0 Å². The van der Waals surface area contributed by atoms with Gasteiger partial charge in [0.25, 0.3) is 0 Å². The van der Waals surface area contributed by atoms with Gasteiger partial charge in [-0.3, -0.25) is 4.79 Å². The van der Waals surface area contributed by atoms with Gasteiger partial charge in [0, 0.05) is 10.0 Å². The van der Waals surface area contributed by atoms with E-state index >= 15 is 0 Å². The number of para-hydroxylation sites is 2. The predicted octanol–water partition coefficient (Wildman–Crippen LogP) is 6.36. The Labute approximate surface area is 213 Å². The molecule has 0 radical (unpaired) electrons. The Morgan fingerprint density at radius 1 is 0.944 bits per heavy atom. The molecule has 1 atom stereocenters. The number of aromatic nitrogens is 2. The second-order valence-corrected chi connectivity index (χ2v) is 8.44. The molecule has 0 aliphatic carbocycles. The second kappa shape index (κ2) is 10.9. The first-order valence-corrected chi connectivity index (χ1v) is 11.3. The maximum absolute atomic E-state index is 14.0. The molecule has 36 heavy (non-hydrogen) atoms. The first-order valence-electron chi connectivity index (χ1n) is 10.5. The van der Waals surface area contributed by atoms with Crippen molar-refractivity contribution < 1.29 is 22.8 Å². The molecule has 1 amide bonds. The minimum Gasteiger partial charge on any atom is -0.390 e. The summed E-state index contributed by atoms with van der Waals surface area (Å²) < 4.78 is 42.0. The first kappa shape index (κ1) is 25.4. The Morgan fingerprint density at radius 2 is 1.53 bits per heavy atom. The van der Waals surface area contributed by atoms with E-state index in [1.807, 2.05) is 0 Å². The maximum Gasteiger partial charge on any atom is 0.435 e. The number of alkyl halides is 3. The lowest BCUT2D eigenvalue weighted by molar-refractivity contribution is -0.142. The number of fused-ring (bicyclic) bond motifs is 1. The molecule has 1 heterocycles. The summed E-state index contributed by atoms with van der Waals surface area (Å²) in [5.41, 5.74) is -0.511. The first-order chi connectivity index (χ1) is 17.2. The van der Waals surface area contributed by atoms with Gasteiger partial charge in [-0.15, -0.1) is 0 Å². The molecule has 11 heteroatoms. The average molecular weight is 533 g/mol. The molecule has 4 rings (SSSR count). The largest absolute Gasteiger partial charge is 0.435 e. The van der Waals surface area contributed by atoms with Gasteiger partial charge < -0.3 is 10.2 Å². The van der Waals surface area contributed by atoms with Crippen LogP contribution in [0.1, 0.15) is 28.4 Å². The van der Waals surface area contributed by atoms with Crippen LogP contribution in [0.4, 0.5) is 13.2 Å². The van der Waals surface area contributed by atoms with Crippen molar-refractivity contribution in [2.75, 3.05) is 0 Å². The van der Waals surface area contributed by atoms with Crippen LogP contribution in [0, 0.1) is 0 Å². The molecule has 1 N–H and O–H groups in total. The number of amides is 1. The summed E-state index contributed by atoms with van der Waals surface area (Å²) in [5, 5.41) is 6.96. The Hall–Kier alpha value is -3.69. The maximum atomic E-state index is 14.0. The van der Waals surface area contributed by atoms with Crippen LogP contribution in [0.5, 0.6) is 0 Å². The summed E-state index contributed by atoms with van der Waals surface area (Å²) >= 11 is 11.8. The molecule has 0 saturated carbocycles. The third kappa shape index (κ3) is 6.10. The third-order valence-electron chi connectivity index (χ3n) is 5.08. The molecule has 6 nitrogen and oxygen atoms in total. The van der Waals surface area contributed by atoms with E-state index < -0.39 is 29.4 Å². The van der Waals surface area contributed by atoms with E-state index in [0.717, 1.165) is 11.9 Å². The van der Waals surface area contributed by atoms with Gasteiger partial charge in [0.15, 0.2) is 5.69 Å². The zero-order valence-corrected chi connectivity index (χ0v) is 19.8. The number of oxime groups is 1. The second-order valence-electron chi connectivity index (χ2n) is 7.57. The van der Waals surface area contributed by atoms with Crippen LogP contribution >= 0.6 is 23.2 Å². The summed E-state index contributed by atoms with van der Waals surface area (Å²) in [4.78, 5) is 26.3. The fourth-order valence-corrected chi connectivity index (χ4v) is 3.67. The molecule has 0 spiro atoms. The molecule has 0 bridgehead atoms. The molecule has 0 aliphatic heterocycles. The number of nitrogens with zero attached hydrogens (tertiary/aromatic N) is 3. The van der Waals surface area contributed by atoms with E-state index in [1.165, 1.54) is 36.4 Å². The van der Waals surface area contributed by atoms with Crippen LogP contribution in [-0.2, 0) is 22.4 Å². The molecule has 4 aromatic rings. The van der Waals surface area contributed by atoms with Crippen molar-refractivity contribution in [1.29, 1.82) is 0 Å². The zero-order chi connectivity index (χ0) is 25.7. The van der Waals surface area contributed by atoms with Gasteiger partial charge in [-0.25, -0.2) is 9.97 Å². The van der Waals surface area contributed by atoms with E-state index in [9.17, 15) is 18.0 Å². The quantitative estimate of drug-likeness (QED) is 0.170. The van der Waals surface area contributed by atoms with Crippen molar-refractivity contribution in [1.82, 2.24) is 15.3 Å². The number of carbonyl (C=O) groups excluding carboxylic acids is 1. The van der Waals surface area contributed by atoms with Crippen LogP contribution < -0.4 is 5.32 Å². The molecule has 0 saturated heterocycles. The summed E-state index contributed by atoms with van der Waals surface area (Å²) in [6, 6.07) is 18.8. The van der Waals surface area contributed by atoms with Crippen LogP contribution in [0.2, 0.25) is 10.0 Å². The minimum absolute atomic E-state index is 0.0565. The molecule has 0 fully saturated rings. The fraction of sp³-hybridized carbons (Fsp3) is 0.120. The van der Waals surface area contributed by atoms with Gasteiger partial charge in [0.1, 0.15) is 18.9 Å². The lowest BCUT2D eigenvalue weighted by atomic mass is 9.92. The Bertz CT molecular complexity index is 1400. The molecule has 3 aromatic carbocycles. The summed E-state index contributed by atoms with van der Waals surface area (Å²) in [7, 11) is 0. The van der Waals surface area contributed by atoms with Crippen LogP contribution in [0.25, 0.3) is 11.0 Å². The molecule has 0 unspecified atom stereocenters. The Morgan fingerprint density at radius 3 is 2.14 bits per heavy atom. The van der Waals surface area contributed by atoms with Gasteiger partial charge in [-0.1, -0.05) is 64.8 Å². The van der Waals surface area contributed by atoms with Crippen LogP contribution in [0.3, 0.4) is 0 Å². The summed E-state index contributed by atoms with van der Waals surface area (Å²) in [5.74, 6) is -2.27. The number of halogens is 5. The Kier molecular flexibility index (Phi) is 7.71. The van der Waals surface area contributed by atoms with Gasteiger partial charge in [-0.05, 0) is 47.5 Å². The lowest BCUT2D eigenvalue weighted by Gasteiger charge is -2.20. The monoisotopic (exact) mass is 532 g/mol. The van der Waals surface area contributed by atoms with E-state index in [1.54, 1.807) is 36.4 Å². The number of rotatable bonds is 7. The van der Waals surface area contributed by atoms with Crippen LogP contribution in [0.15, 0.2) is 78.0 Å². The van der Waals surface area contributed by atoms with Gasteiger partial charge in [0.05, 0.1) is 16.7 Å². The van der Waals surface area contributed by atoms with Crippen molar-refractivity contribution in [3.63, 3.8) is 0 Å². The van der Waals surface area contributed by atoms with Crippen LogP contribution in [-0.4, -0.2) is 22.2 Å². The fourth-order valence-electron chi connectivity index (χ4n) is 3.42. The van der Waals surface area contributed by atoms with Crippen molar-refractivity contribution in [3.05, 3.63) is 105 Å². The van der Waals surface area contributed by atoms with E-state index in [2.05, 4.69) is 20.4 Å². The number of benzene rings is 3. The lowest BCUT2D eigenvalue weighted by Crippen LogP contribution is -2.31. The topological polar surface area (TPSA) is 76.5 Å². The van der Waals surface area contributed by atoms with Crippen molar-refractivity contribution >= 4 is 46.5 Å². The summed E-state index contributed by atoms with van der Waals surface area (Å²) in [6.45, 7) is 0.0958. The molecule has 0 aliphatic rings. The minimum atomic E-state index is -4.85. The molecular formula is C25H17Cl2F3N4O2. The Balaban J connectivity index is 1.64. The highest BCUT2D eigenvalue weighted by molar-refractivity contribution is 6.30. The highest BCUT2D eigenvalue weighted by Gasteiger charge is 2.41. The molecular weight excluding hydrogens is 516 g/mol. The molecule has 1 aromatic heterocycles.